The topological polar surface area (TPSA) is 94.8 Å². The van der Waals surface area contributed by atoms with Gasteiger partial charge in [0.2, 0.25) is 0 Å². The van der Waals surface area contributed by atoms with Crippen molar-refractivity contribution in [2.45, 2.75) is 72.5 Å². The van der Waals surface area contributed by atoms with E-state index in [1.54, 1.807) is 20.8 Å². The normalized spacial score (nSPS) is 11.6. The van der Waals surface area contributed by atoms with Crippen molar-refractivity contribution in [1.29, 1.82) is 0 Å². The first-order valence-electron chi connectivity index (χ1n) is 10.2. The second-order valence-electron chi connectivity index (χ2n) is 8.64. The molecule has 164 valence electrons. The van der Waals surface area contributed by atoms with Crippen LogP contribution in [-0.4, -0.2) is 24.2 Å². The van der Waals surface area contributed by atoms with Crippen LogP contribution in [0.15, 0.2) is 27.4 Å². The zero-order valence-electron chi connectivity index (χ0n) is 18.6. The Hall–Kier alpha value is -2.83. The first kappa shape index (κ1) is 23.4. The number of fused-ring (bicyclic) bond motifs is 1. The Labute approximate surface area is 176 Å². The molecule has 2 rings (SSSR count). The highest BCUT2D eigenvalue weighted by Crippen LogP contribution is 2.27. The molecule has 0 spiro atoms. The predicted octanol–water partition coefficient (Wildman–Crippen LogP) is 4.57. The lowest BCUT2D eigenvalue weighted by atomic mass is 9.95. The standard InChI is InChI=1S/C23H31NO6/c1-14(2)17-12-18-16(11-21(26)29-19(18)10-15(17)3)13-28-20(25)8-7-9-24-22(27)30-23(4,5)6/h10-12,14H,7-9,13H2,1-6H3,(H,24,27). The van der Waals surface area contributed by atoms with Crippen LogP contribution in [0.4, 0.5) is 4.79 Å². The summed E-state index contributed by atoms with van der Waals surface area (Å²) in [7, 11) is 0. The van der Waals surface area contributed by atoms with Gasteiger partial charge < -0.3 is 19.2 Å². The average Bonchev–Trinajstić information content (AvgIpc) is 2.60. The molecule has 1 aromatic carbocycles. The molecule has 1 aromatic heterocycles. The van der Waals surface area contributed by atoms with E-state index in [0.717, 1.165) is 16.5 Å². The third-order valence-corrected chi connectivity index (χ3v) is 4.45. The smallest absolute Gasteiger partial charge is 0.407 e. The summed E-state index contributed by atoms with van der Waals surface area (Å²) >= 11 is 0. The SMILES string of the molecule is Cc1cc2oc(=O)cc(COC(=O)CCCNC(=O)OC(C)(C)C)c2cc1C(C)C. The molecule has 1 amide bonds. The van der Waals surface area contributed by atoms with Crippen LogP contribution in [0.25, 0.3) is 11.0 Å². The van der Waals surface area contributed by atoms with Crippen molar-refractivity contribution >= 4 is 23.0 Å². The van der Waals surface area contributed by atoms with Gasteiger partial charge >= 0.3 is 17.7 Å². The van der Waals surface area contributed by atoms with Crippen LogP contribution in [0.2, 0.25) is 0 Å². The molecule has 0 bridgehead atoms. The molecule has 1 heterocycles. The number of amides is 1. The van der Waals surface area contributed by atoms with E-state index in [2.05, 4.69) is 19.2 Å². The molecular formula is C23H31NO6. The van der Waals surface area contributed by atoms with Gasteiger partial charge in [-0.15, -0.1) is 0 Å². The number of hydrogen-bond donors (Lipinski definition) is 1. The molecule has 1 N–H and O–H groups in total. The molecule has 0 atom stereocenters. The van der Waals surface area contributed by atoms with E-state index in [9.17, 15) is 14.4 Å². The molecule has 2 aromatic rings. The third-order valence-electron chi connectivity index (χ3n) is 4.45. The summed E-state index contributed by atoms with van der Waals surface area (Å²) in [5.74, 6) is -0.0900. The van der Waals surface area contributed by atoms with Crippen molar-refractivity contribution in [2.24, 2.45) is 0 Å². The maximum Gasteiger partial charge on any atom is 0.407 e. The molecule has 0 saturated heterocycles. The van der Waals surface area contributed by atoms with Crippen molar-refractivity contribution in [3.8, 4) is 0 Å². The fraction of sp³-hybridized carbons (Fsp3) is 0.522. The van der Waals surface area contributed by atoms with E-state index < -0.39 is 23.3 Å². The van der Waals surface area contributed by atoms with Gasteiger partial charge in [0, 0.05) is 30.0 Å². The molecule has 0 aliphatic carbocycles. The number of nitrogens with one attached hydrogen (secondary N) is 1. The molecule has 7 heteroatoms. The van der Waals surface area contributed by atoms with E-state index >= 15 is 0 Å². The van der Waals surface area contributed by atoms with E-state index in [4.69, 9.17) is 13.9 Å². The van der Waals surface area contributed by atoms with E-state index in [1.165, 1.54) is 6.07 Å². The average molecular weight is 418 g/mol. The minimum Gasteiger partial charge on any atom is -0.461 e. The lowest BCUT2D eigenvalue weighted by Gasteiger charge is -2.19. The Bertz CT molecular complexity index is 968. The van der Waals surface area contributed by atoms with Crippen LogP contribution in [0.5, 0.6) is 0 Å². The van der Waals surface area contributed by atoms with Gasteiger partial charge in [-0.2, -0.15) is 0 Å². The molecule has 0 aliphatic heterocycles. The van der Waals surface area contributed by atoms with Gasteiger partial charge in [-0.3, -0.25) is 4.79 Å². The van der Waals surface area contributed by atoms with Crippen molar-refractivity contribution in [3.63, 3.8) is 0 Å². The van der Waals surface area contributed by atoms with Crippen LogP contribution in [-0.2, 0) is 20.9 Å². The Morgan fingerprint density at radius 2 is 1.87 bits per heavy atom. The Morgan fingerprint density at radius 1 is 1.17 bits per heavy atom. The second-order valence-corrected chi connectivity index (χ2v) is 8.64. The Kier molecular flexibility index (Phi) is 7.65. The van der Waals surface area contributed by atoms with Gasteiger partial charge in [-0.1, -0.05) is 13.8 Å². The number of carbonyl (C=O) groups excluding carboxylic acids is 2. The fourth-order valence-corrected chi connectivity index (χ4v) is 3.10. The van der Waals surface area contributed by atoms with Crippen LogP contribution in [0.1, 0.15) is 70.1 Å². The van der Waals surface area contributed by atoms with Crippen molar-refractivity contribution < 1.29 is 23.5 Å². The van der Waals surface area contributed by atoms with E-state index in [1.807, 2.05) is 19.1 Å². The zero-order valence-corrected chi connectivity index (χ0v) is 18.6. The highest BCUT2D eigenvalue weighted by molar-refractivity contribution is 5.82. The van der Waals surface area contributed by atoms with E-state index in [-0.39, 0.29) is 13.0 Å². The first-order chi connectivity index (χ1) is 14.0. The summed E-state index contributed by atoms with van der Waals surface area (Å²) in [4.78, 5) is 35.5. The molecular weight excluding hydrogens is 386 g/mol. The van der Waals surface area contributed by atoms with Crippen molar-refractivity contribution in [1.82, 2.24) is 5.32 Å². The second kappa shape index (κ2) is 9.78. The highest BCUT2D eigenvalue weighted by atomic mass is 16.6. The Morgan fingerprint density at radius 3 is 2.50 bits per heavy atom. The number of rotatable bonds is 7. The number of aryl methyl sites for hydroxylation is 1. The molecule has 0 unspecified atom stereocenters. The minimum atomic E-state index is -0.567. The molecule has 0 radical (unpaired) electrons. The first-order valence-corrected chi connectivity index (χ1v) is 10.2. The van der Waals surface area contributed by atoms with Gasteiger partial charge in [-0.05, 0) is 63.3 Å². The van der Waals surface area contributed by atoms with Gasteiger partial charge in [0.25, 0.3) is 0 Å². The summed E-state index contributed by atoms with van der Waals surface area (Å²) in [6.45, 7) is 11.8. The number of alkyl carbamates (subject to hydrolysis) is 1. The van der Waals surface area contributed by atoms with Crippen LogP contribution < -0.4 is 10.9 Å². The maximum absolute atomic E-state index is 12.1. The highest BCUT2D eigenvalue weighted by Gasteiger charge is 2.16. The van der Waals surface area contributed by atoms with Gasteiger partial charge in [0.15, 0.2) is 0 Å². The summed E-state index contributed by atoms with van der Waals surface area (Å²) in [5, 5.41) is 3.37. The fourth-order valence-electron chi connectivity index (χ4n) is 3.10. The largest absolute Gasteiger partial charge is 0.461 e. The maximum atomic E-state index is 12.1. The zero-order chi connectivity index (χ0) is 22.5. The quantitative estimate of drug-likeness (QED) is 0.403. The van der Waals surface area contributed by atoms with Crippen molar-refractivity contribution in [2.75, 3.05) is 6.54 Å². The summed E-state index contributed by atoms with van der Waals surface area (Å²) < 4.78 is 15.8. The number of benzene rings is 1. The summed E-state index contributed by atoms with van der Waals surface area (Å²) in [6.07, 6.45) is 0.0485. The number of ether oxygens (including phenoxy) is 2. The van der Waals surface area contributed by atoms with Gasteiger partial charge in [-0.25, -0.2) is 9.59 Å². The number of carbonyl (C=O) groups is 2. The summed E-state index contributed by atoms with van der Waals surface area (Å²) in [6, 6.07) is 5.20. The van der Waals surface area contributed by atoms with Crippen LogP contribution in [0.3, 0.4) is 0 Å². The Balaban J connectivity index is 1.95. The predicted molar refractivity (Wildman–Crippen MR) is 115 cm³/mol. The van der Waals surface area contributed by atoms with E-state index in [0.29, 0.717) is 30.0 Å². The molecule has 0 fully saturated rings. The molecule has 0 aliphatic rings. The van der Waals surface area contributed by atoms with Crippen LogP contribution in [0, 0.1) is 6.92 Å². The molecule has 30 heavy (non-hydrogen) atoms. The summed E-state index contributed by atoms with van der Waals surface area (Å²) in [5.41, 5.74) is 2.25. The lowest BCUT2D eigenvalue weighted by Crippen LogP contribution is -2.33. The van der Waals surface area contributed by atoms with Crippen LogP contribution >= 0.6 is 0 Å². The number of esters is 1. The molecule has 7 nitrogen and oxygen atoms in total. The molecule has 0 saturated carbocycles. The minimum absolute atomic E-state index is 0.0129. The number of hydrogen-bond acceptors (Lipinski definition) is 6. The van der Waals surface area contributed by atoms with Gasteiger partial charge in [0.05, 0.1) is 0 Å². The monoisotopic (exact) mass is 417 g/mol. The van der Waals surface area contributed by atoms with Gasteiger partial charge in [0.1, 0.15) is 17.8 Å². The van der Waals surface area contributed by atoms with Crippen molar-refractivity contribution in [3.05, 3.63) is 45.3 Å². The third kappa shape index (κ3) is 6.90. The lowest BCUT2D eigenvalue weighted by molar-refractivity contribution is -0.145.